The lowest BCUT2D eigenvalue weighted by atomic mass is 9.63. The minimum atomic E-state index is -4.03. The van der Waals surface area contributed by atoms with Gasteiger partial charge in [0.05, 0.1) is 17.9 Å². The summed E-state index contributed by atoms with van der Waals surface area (Å²) in [5.74, 6) is -0.640. The van der Waals surface area contributed by atoms with Gasteiger partial charge in [-0.2, -0.15) is 0 Å². The molecular formula is C30H39FN4O4S. The lowest BCUT2D eigenvalue weighted by Gasteiger charge is -2.48. The second-order valence-electron chi connectivity index (χ2n) is 11.4. The van der Waals surface area contributed by atoms with E-state index in [0.717, 1.165) is 12.8 Å². The van der Waals surface area contributed by atoms with E-state index in [0.29, 0.717) is 47.9 Å². The van der Waals surface area contributed by atoms with E-state index in [9.17, 15) is 17.6 Å². The summed E-state index contributed by atoms with van der Waals surface area (Å²) in [6, 6.07) is 12.0. The fourth-order valence-electron chi connectivity index (χ4n) is 5.42. The number of nitrogen functional groups attached to an aromatic ring is 1. The van der Waals surface area contributed by atoms with Crippen molar-refractivity contribution in [2.75, 3.05) is 36.1 Å². The molecule has 3 aromatic rings. The number of nitrogens with two attached hydrogens (primary N) is 1. The number of aromatic nitrogens is 2. The van der Waals surface area contributed by atoms with Crippen LogP contribution in [0.3, 0.4) is 0 Å². The summed E-state index contributed by atoms with van der Waals surface area (Å²) < 4.78 is 46.4. The molecule has 8 nitrogen and oxygen atoms in total. The predicted octanol–water partition coefficient (Wildman–Crippen LogP) is 5.82. The molecule has 1 aliphatic heterocycles. The first-order valence-corrected chi connectivity index (χ1v) is 15.4. The number of anilines is 2. The molecule has 2 fully saturated rings. The van der Waals surface area contributed by atoms with Crippen molar-refractivity contribution in [2.45, 2.75) is 51.0 Å². The molecule has 2 aromatic heterocycles. The molecule has 0 atom stereocenters. The Morgan fingerprint density at radius 3 is 2.50 bits per heavy atom. The van der Waals surface area contributed by atoms with E-state index < -0.39 is 27.2 Å². The summed E-state index contributed by atoms with van der Waals surface area (Å²) in [7, 11) is -4.03. The lowest BCUT2D eigenvalue weighted by molar-refractivity contribution is 0.0949. The number of piperidine rings is 1. The molecule has 3 heterocycles. The summed E-state index contributed by atoms with van der Waals surface area (Å²) in [5, 5.41) is -0.245. The van der Waals surface area contributed by atoms with Crippen LogP contribution >= 0.6 is 0 Å². The van der Waals surface area contributed by atoms with Crippen LogP contribution in [0.1, 0.15) is 59.2 Å². The van der Waals surface area contributed by atoms with Gasteiger partial charge in [-0.05, 0) is 73.4 Å². The Hall–Kier alpha value is -3.53. The van der Waals surface area contributed by atoms with Gasteiger partial charge in [0.1, 0.15) is 29.0 Å². The first-order chi connectivity index (χ1) is 19.0. The van der Waals surface area contributed by atoms with Crippen molar-refractivity contribution in [2.24, 2.45) is 11.3 Å². The molecule has 1 aliphatic carbocycles. The second-order valence-corrected chi connectivity index (χ2v) is 13.3. The van der Waals surface area contributed by atoms with E-state index in [-0.39, 0.29) is 25.2 Å². The van der Waals surface area contributed by atoms with Crippen molar-refractivity contribution >= 4 is 27.3 Å². The lowest BCUT2D eigenvalue weighted by Crippen LogP contribution is -2.44. The summed E-state index contributed by atoms with van der Waals surface area (Å²) in [6.45, 7) is 5.90. The number of nitrogens with zero attached hydrogens (tertiary/aromatic N) is 3. The Balaban J connectivity index is 0.00000242. The van der Waals surface area contributed by atoms with Crippen LogP contribution in [0.15, 0.2) is 53.6 Å². The number of rotatable bonds is 9. The average Bonchev–Trinajstić information content (AvgIpc) is 2.90. The molecule has 0 unspecified atom stereocenters. The maximum atomic E-state index is 14.6. The van der Waals surface area contributed by atoms with Gasteiger partial charge in [0.2, 0.25) is 9.84 Å². The highest BCUT2D eigenvalue weighted by Crippen LogP contribution is 2.49. The maximum Gasteiger partial charge on any atom is 0.203 e. The third-order valence-electron chi connectivity index (χ3n) is 7.85. The second kappa shape index (κ2) is 11.2. The van der Waals surface area contributed by atoms with E-state index in [1.807, 2.05) is 13.8 Å². The molecule has 5 rings (SSSR count). The molecular weight excluding hydrogens is 531 g/mol. The van der Waals surface area contributed by atoms with E-state index in [2.05, 4.69) is 9.88 Å². The number of pyridine rings is 2. The van der Waals surface area contributed by atoms with Crippen LogP contribution in [0, 0.1) is 17.2 Å². The number of Topliss-reactive ketones (excluding diaryl/α,β-unsaturated/α-hetero) is 1. The van der Waals surface area contributed by atoms with Crippen LogP contribution in [0.2, 0.25) is 0 Å². The van der Waals surface area contributed by atoms with Crippen molar-refractivity contribution in [1.82, 2.24) is 9.97 Å². The van der Waals surface area contributed by atoms with Gasteiger partial charge in [-0.15, -0.1) is 0 Å². The molecule has 0 bridgehead atoms. The van der Waals surface area contributed by atoms with Gasteiger partial charge in [-0.3, -0.25) is 4.79 Å². The molecule has 2 aliphatic rings. The van der Waals surface area contributed by atoms with E-state index in [4.69, 9.17) is 15.5 Å². The van der Waals surface area contributed by atoms with Gasteiger partial charge in [0.15, 0.2) is 10.8 Å². The maximum absolute atomic E-state index is 14.6. The van der Waals surface area contributed by atoms with Crippen molar-refractivity contribution < 1.29 is 25.2 Å². The topological polar surface area (TPSA) is 115 Å². The molecule has 0 amide bonds. The average molecular weight is 571 g/mol. The van der Waals surface area contributed by atoms with Crippen LogP contribution in [0.5, 0.6) is 5.75 Å². The summed E-state index contributed by atoms with van der Waals surface area (Å²) in [5.41, 5.74) is 7.25. The van der Waals surface area contributed by atoms with Crippen molar-refractivity contribution in [1.29, 1.82) is 0 Å². The fraction of sp³-hybridized carbons (Fsp3) is 0.433. The zero-order chi connectivity index (χ0) is 28.5. The van der Waals surface area contributed by atoms with Gasteiger partial charge in [-0.1, -0.05) is 26.3 Å². The van der Waals surface area contributed by atoms with Gasteiger partial charge in [-0.25, -0.2) is 22.8 Å². The van der Waals surface area contributed by atoms with Crippen LogP contribution < -0.4 is 15.4 Å². The predicted molar refractivity (Wildman–Crippen MR) is 157 cm³/mol. The number of carbonyl (C=O) groups excluding carboxylic acids is 1. The Morgan fingerprint density at radius 1 is 1.10 bits per heavy atom. The first kappa shape index (κ1) is 28.0. The van der Waals surface area contributed by atoms with Crippen LogP contribution in [-0.2, 0) is 9.84 Å². The summed E-state index contributed by atoms with van der Waals surface area (Å²) in [6.07, 6.45) is 5.66. The number of sulfone groups is 1. The molecule has 1 saturated carbocycles. The van der Waals surface area contributed by atoms with Crippen molar-refractivity contribution in [3.8, 4) is 17.0 Å². The van der Waals surface area contributed by atoms with Gasteiger partial charge in [0.25, 0.3) is 0 Å². The monoisotopic (exact) mass is 570 g/mol. The first-order valence-electron chi connectivity index (χ1n) is 13.7. The number of hydrogen-bond donors (Lipinski definition) is 1. The number of halogens is 1. The Kier molecular flexibility index (Phi) is 7.81. The number of ether oxygens (including phenoxy) is 1. The standard InChI is InChI=1S/C30H35FN4O4S.2H2/c1-20(2)18-39-23-16-21(15-22(31)17-23)25-8-7-24(26(36)19-40(37,38)28-6-3-5-27(32)34-28)29(33-25)35-13-11-30(12-14-35)9-4-10-30;;/h3,5-8,15-17,20H,4,9-14,18-19H2,1-2H3,(H2,32,34);2*1H. The van der Waals surface area contributed by atoms with E-state index in [1.165, 1.54) is 49.6 Å². The third kappa shape index (κ3) is 6.11. The molecule has 10 heteroatoms. The SMILES string of the molecule is CC(C)COc1cc(F)cc(-c2ccc(C(=O)CS(=O)(=O)c3cccc(N)n3)c(N3CCC4(CCC4)CC3)n2)c1.[HH].[HH]. The van der Waals surface area contributed by atoms with E-state index in [1.54, 1.807) is 18.2 Å². The quantitative estimate of drug-likeness (QED) is 0.320. The Bertz CT molecular complexity index is 1520. The fourth-order valence-corrected chi connectivity index (χ4v) is 6.60. The highest BCUT2D eigenvalue weighted by atomic mass is 32.2. The molecule has 1 spiro atoms. The smallest absolute Gasteiger partial charge is 0.203 e. The molecule has 1 aromatic carbocycles. The number of hydrogen-bond acceptors (Lipinski definition) is 8. The summed E-state index contributed by atoms with van der Waals surface area (Å²) >= 11 is 0. The van der Waals surface area contributed by atoms with Crippen LogP contribution in [0.25, 0.3) is 11.3 Å². The van der Waals surface area contributed by atoms with Crippen molar-refractivity contribution in [3.63, 3.8) is 0 Å². The highest BCUT2D eigenvalue weighted by Gasteiger charge is 2.40. The minimum Gasteiger partial charge on any atom is -0.493 e. The van der Waals surface area contributed by atoms with Crippen LogP contribution in [-0.4, -0.2) is 49.6 Å². The van der Waals surface area contributed by atoms with Crippen LogP contribution in [0.4, 0.5) is 16.0 Å². The number of benzene rings is 1. The largest absolute Gasteiger partial charge is 0.493 e. The normalized spacial score (nSPS) is 16.6. The number of carbonyl (C=O) groups is 1. The molecule has 40 heavy (non-hydrogen) atoms. The zero-order valence-electron chi connectivity index (χ0n) is 22.9. The van der Waals surface area contributed by atoms with Gasteiger partial charge in [0, 0.05) is 27.6 Å². The molecule has 0 radical (unpaired) electrons. The zero-order valence-corrected chi connectivity index (χ0v) is 23.7. The summed E-state index contributed by atoms with van der Waals surface area (Å²) in [4.78, 5) is 24.3. The Labute approximate surface area is 237 Å². The Morgan fingerprint density at radius 2 is 1.85 bits per heavy atom. The van der Waals surface area contributed by atoms with Gasteiger partial charge < -0.3 is 15.4 Å². The van der Waals surface area contributed by atoms with Gasteiger partial charge >= 0.3 is 0 Å². The minimum absolute atomic E-state index is 0. The third-order valence-corrected chi connectivity index (χ3v) is 9.36. The van der Waals surface area contributed by atoms with Crippen molar-refractivity contribution in [3.05, 3.63) is 59.9 Å². The number of ketones is 1. The molecule has 216 valence electrons. The highest BCUT2D eigenvalue weighted by molar-refractivity contribution is 7.92. The van der Waals surface area contributed by atoms with E-state index >= 15 is 0 Å². The molecule has 2 N–H and O–H groups in total. The molecule has 1 saturated heterocycles.